The molecule has 3 rings (SSSR count). The summed E-state index contributed by atoms with van der Waals surface area (Å²) in [6, 6.07) is 0. The number of fused-ring (bicyclic) bond motifs is 3. The zero-order valence-electron chi connectivity index (χ0n) is 5.00. The molecule has 3 aliphatic heterocycles. The van der Waals surface area contributed by atoms with Crippen molar-refractivity contribution in [3.05, 3.63) is 0 Å². The van der Waals surface area contributed by atoms with Gasteiger partial charge in [0, 0.05) is 6.63 Å². The normalized spacial score (nSPS) is 33.0. The molecule has 0 aromatic carbocycles. The van der Waals surface area contributed by atoms with Crippen molar-refractivity contribution in [1.82, 2.24) is 0 Å². The zero-order chi connectivity index (χ0) is 6.32. The zero-order valence-corrected chi connectivity index (χ0v) is 13.0. The van der Waals surface area contributed by atoms with E-state index in [9.17, 15) is 0 Å². The van der Waals surface area contributed by atoms with E-state index in [2.05, 4.69) is 6.55 Å². The molecule has 0 unspecified atom stereocenters. The Morgan fingerprint density at radius 1 is 1.00 bits per heavy atom. The van der Waals surface area contributed by atoms with Crippen LogP contribution in [-0.2, 0) is 0 Å². The minimum atomic E-state index is -0.399. The summed E-state index contributed by atoms with van der Waals surface area (Å²) in [5.41, 5.74) is 0. The van der Waals surface area contributed by atoms with Crippen molar-refractivity contribution in [3.8, 4) is 0 Å². The van der Waals surface area contributed by atoms with Crippen LogP contribution in [0.4, 0.5) is 0 Å². The van der Waals surface area contributed by atoms with Crippen LogP contribution in [0.1, 0.15) is 0 Å². The predicted octanol–water partition coefficient (Wildman–Crippen LogP) is -2.46. The fourth-order valence-electron chi connectivity index (χ4n) is 0.750. The summed E-state index contributed by atoms with van der Waals surface area (Å²) in [6.07, 6.45) is 0. The fraction of sp³-hybridized carbons (Fsp3) is 1.00. The molecule has 0 aliphatic carbocycles. The third-order valence-corrected chi connectivity index (χ3v) is 86.1. The quantitative estimate of drug-likeness (QED) is 0.412. The third-order valence-electron chi connectivity index (χ3n) is 1.31. The molecule has 0 aromatic rings. The molecule has 2 bridgehead atoms. The van der Waals surface area contributed by atoms with E-state index < -0.39 is 6.63 Å². The molecule has 0 saturated carbocycles. The van der Waals surface area contributed by atoms with Gasteiger partial charge in [0.2, 0.25) is 0 Å². The van der Waals surface area contributed by atoms with Crippen LogP contribution >= 0.6 is 0 Å². The minimum Gasteiger partial charge on any atom is -0.292 e. The van der Waals surface area contributed by atoms with E-state index in [0.29, 0.717) is 7.35 Å². The number of rotatable bonds is 0. The van der Waals surface area contributed by atoms with Crippen LogP contribution in [0.15, 0.2) is 0 Å². The first-order valence-electron chi connectivity index (χ1n) is 2.75. The molecule has 3 aliphatic rings. The van der Waals surface area contributed by atoms with Crippen molar-refractivity contribution in [1.29, 1.82) is 0 Å². The van der Waals surface area contributed by atoms with Crippen molar-refractivity contribution in [2.75, 3.05) is 0 Å². The molecule has 40 valence electrons. The summed E-state index contributed by atoms with van der Waals surface area (Å²) in [5.74, 6) is 0. The molecule has 0 aromatic heterocycles. The van der Waals surface area contributed by atoms with E-state index in [4.69, 9.17) is 0 Å². The van der Waals surface area contributed by atoms with Crippen LogP contribution in [0.5, 0.6) is 0 Å². The van der Waals surface area contributed by atoms with Gasteiger partial charge in [-0.05, 0) is 25.7 Å². The second-order valence-corrected chi connectivity index (χ2v) is 47.2. The summed E-state index contributed by atoms with van der Waals surface area (Å²) in [5, 5.41) is 0. The Morgan fingerprint density at radius 3 is 1.67 bits per heavy atom. The Bertz CT molecular complexity index is 98.0. The average molecular weight is 240 g/mol. The lowest BCUT2D eigenvalue weighted by molar-refractivity contribution is 2.29. The first-order chi connectivity index (χ1) is 4.29. The Balaban J connectivity index is 2.11. The van der Waals surface area contributed by atoms with Gasteiger partial charge >= 0.3 is 0 Å². The first kappa shape index (κ1) is 7.39. The van der Waals surface area contributed by atoms with Crippen molar-refractivity contribution in [2.45, 2.75) is 6.55 Å². The van der Waals surface area contributed by atoms with Crippen LogP contribution < -0.4 is 0 Å². The Morgan fingerprint density at radius 2 is 1.44 bits per heavy atom. The van der Waals surface area contributed by atoms with Gasteiger partial charge in [-0.3, -0.25) is 7.35 Å². The highest BCUT2D eigenvalue weighted by molar-refractivity contribution is 8.10. The predicted molar refractivity (Wildman–Crippen MR) is 51.9 cm³/mol. The van der Waals surface area contributed by atoms with Crippen molar-refractivity contribution >= 4 is 65.3 Å². The summed E-state index contributed by atoms with van der Waals surface area (Å²) < 4.78 is 0. The van der Waals surface area contributed by atoms with Crippen molar-refractivity contribution < 1.29 is 0 Å². The highest BCUT2D eigenvalue weighted by atomic mass is 30.4. The van der Waals surface area contributed by atoms with Crippen LogP contribution in [0.2, 0.25) is 6.55 Å². The van der Waals surface area contributed by atoms with Gasteiger partial charge in [0.05, 0.1) is 0 Å². The van der Waals surface area contributed by atoms with Crippen molar-refractivity contribution in [3.63, 3.8) is 0 Å². The molecule has 0 nitrogen and oxygen atoms in total. The highest BCUT2D eigenvalue weighted by Crippen LogP contribution is 2.05. The van der Waals surface area contributed by atoms with E-state index in [-0.39, 0.29) is 0 Å². The molecule has 0 atom stereocenters. The van der Waals surface area contributed by atoms with Crippen LogP contribution in [0.25, 0.3) is 0 Å². The number of hydrogen-bond donors (Lipinski definition) is 0. The molecular weight excluding hydrogens is 237 g/mol. The van der Waals surface area contributed by atoms with Crippen molar-refractivity contribution in [2.24, 2.45) is 0 Å². The van der Waals surface area contributed by atoms with Crippen LogP contribution in [0, 0.1) is 0 Å². The molecule has 8 heteroatoms. The maximum Gasteiger partial charge on any atom is 0.0000943 e. The van der Waals surface area contributed by atoms with E-state index in [1.165, 1.54) is 0 Å². The van der Waals surface area contributed by atoms with Gasteiger partial charge in [-0.1, -0.05) is 6.55 Å². The molecule has 0 spiro atoms. The molecule has 0 N–H and O–H groups in total. The molecule has 12 radical (unpaired) electrons. The maximum absolute atomic E-state index is 2.69. The summed E-state index contributed by atoms with van der Waals surface area (Å²) >= 11 is 0. The monoisotopic (exact) mass is 239 g/mol. The Labute approximate surface area is 71.6 Å². The van der Waals surface area contributed by atoms with Gasteiger partial charge in [-0.25, -0.2) is 0 Å². The van der Waals surface area contributed by atoms with Gasteiger partial charge in [0.1, 0.15) is 0 Å². The van der Waals surface area contributed by atoms with E-state index in [1.54, 1.807) is 51.3 Å². The van der Waals surface area contributed by atoms with Crippen LogP contribution in [-0.4, -0.2) is 65.3 Å². The summed E-state index contributed by atoms with van der Waals surface area (Å²) in [4.78, 5) is 0. The summed E-state index contributed by atoms with van der Waals surface area (Å²) in [6.45, 7) is 2.29. The largest absolute Gasteiger partial charge is 0.292 e. The topological polar surface area (TPSA) is 0 Å². The molecule has 9 heavy (non-hydrogen) atoms. The van der Waals surface area contributed by atoms with Crippen LogP contribution in [0.3, 0.4) is 0 Å². The molecule has 3 heterocycles. The van der Waals surface area contributed by atoms with Gasteiger partial charge in [0.25, 0.3) is 0 Å². The minimum absolute atomic E-state index is 0.396. The molecule has 3 fully saturated rings. The number of hydrogen-bond acceptors (Lipinski definition) is 0. The van der Waals surface area contributed by atoms with E-state index in [1.807, 2.05) is 0 Å². The van der Waals surface area contributed by atoms with E-state index >= 15 is 0 Å². The second-order valence-electron chi connectivity index (χ2n) is 2.25. The van der Waals surface area contributed by atoms with Gasteiger partial charge in [0.15, 0.2) is 0 Å². The Kier molecular flexibility index (Phi) is 2.18. The lowest BCUT2D eigenvalue weighted by Crippen LogP contribution is -2.75. The SMILES string of the molecule is C[Si]12[Si][Si][Si-]([Si][Si]1)[Si][Si]2. The Hall–Kier alpha value is 1.74. The van der Waals surface area contributed by atoms with Gasteiger partial charge in [-0.2, -0.15) is 25.7 Å². The second kappa shape index (κ2) is 2.65. The fourth-order valence-corrected chi connectivity index (χ4v) is 152. The third kappa shape index (κ3) is 1.50. The highest BCUT2D eigenvalue weighted by Gasteiger charge is 2.31. The lowest BCUT2D eigenvalue weighted by Gasteiger charge is -2.51. The van der Waals surface area contributed by atoms with Gasteiger partial charge < -0.3 is 0 Å². The lowest BCUT2D eigenvalue weighted by atomic mass is 11.9. The molecular formula is CH3Si8-. The molecule has 3 saturated heterocycles. The summed E-state index contributed by atoms with van der Waals surface area (Å²) in [7, 11) is 9.66. The smallest absolute Gasteiger partial charge is 0.0000943 e. The van der Waals surface area contributed by atoms with Gasteiger partial charge in [-0.15, -0.1) is 0 Å². The standard InChI is InChI=1S/CH3Si8/c1-9-5-2-8(3-6-9)4-7-9/h1H3/q-1. The maximum atomic E-state index is 2.69. The first-order valence-corrected chi connectivity index (χ1v) is 21.8. The average Bonchev–Trinajstić information content (AvgIpc) is 1.90. The van der Waals surface area contributed by atoms with E-state index in [0.717, 1.165) is 0 Å². The molecule has 0 amide bonds.